The van der Waals surface area contributed by atoms with Crippen molar-refractivity contribution in [3.05, 3.63) is 34.9 Å². The van der Waals surface area contributed by atoms with Crippen molar-refractivity contribution in [2.45, 2.75) is 30.9 Å². The number of carbonyl (C=O) groups is 6. The van der Waals surface area contributed by atoms with Gasteiger partial charge in [0.1, 0.15) is 5.75 Å². The number of hydrogen-bond acceptors (Lipinski definition) is 10. The van der Waals surface area contributed by atoms with Gasteiger partial charge in [-0.15, -0.1) is 0 Å². The number of hydrogen-bond donors (Lipinski definition) is 3. The van der Waals surface area contributed by atoms with Gasteiger partial charge in [0.15, 0.2) is 34.7 Å². The molecule has 0 spiro atoms. The number of rotatable bonds is 5. The van der Waals surface area contributed by atoms with Crippen LogP contribution in [0.5, 0.6) is 5.75 Å². The second-order valence-electron chi connectivity index (χ2n) is 12.3. The Morgan fingerprint density at radius 2 is 1.79 bits per heavy atom. The van der Waals surface area contributed by atoms with Gasteiger partial charge in [-0.1, -0.05) is 12.1 Å². The number of primary amides is 1. The number of nitrogens with two attached hydrogens (primary N) is 1. The van der Waals surface area contributed by atoms with E-state index in [-0.39, 0.29) is 36.6 Å². The molecule has 0 radical (unpaired) electrons. The number of likely N-dealkylation sites (N-methyl/N-ethyl adjacent to an activating group) is 2. The number of aromatic hydroxyl groups is 1. The van der Waals surface area contributed by atoms with Gasteiger partial charge in [-0.2, -0.15) is 0 Å². The lowest BCUT2D eigenvalue weighted by Gasteiger charge is -2.52. The molecule has 224 valence electrons. The quantitative estimate of drug-likeness (QED) is 0.368. The van der Waals surface area contributed by atoms with E-state index in [2.05, 4.69) is 0 Å². The van der Waals surface area contributed by atoms with Crippen LogP contribution in [0.2, 0.25) is 0 Å². The molecule has 0 saturated heterocycles. The Balaban J connectivity index is 1.54. The van der Waals surface area contributed by atoms with Gasteiger partial charge >= 0.3 is 0 Å². The number of aliphatic hydroxyl groups is 1. The average molecular weight is 581 g/mol. The average Bonchev–Trinajstić information content (AvgIpc) is 2.90. The van der Waals surface area contributed by atoms with Crippen LogP contribution < -0.4 is 5.73 Å². The largest absolute Gasteiger partial charge is 0.507 e. The lowest BCUT2D eigenvalue weighted by Crippen LogP contribution is -2.74. The van der Waals surface area contributed by atoms with Crippen molar-refractivity contribution in [3.8, 4) is 5.75 Å². The van der Waals surface area contributed by atoms with Crippen molar-refractivity contribution in [2.24, 2.45) is 29.4 Å². The third-order valence-corrected chi connectivity index (χ3v) is 9.30. The highest BCUT2D eigenvalue weighted by Gasteiger charge is 2.69. The maximum Gasteiger partial charge on any atom is 0.237 e. The maximum absolute atomic E-state index is 14.0. The molecule has 0 aromatic heterocycles. The van der Waals surface area contributed by atoms with E-state index < -0.39 is 64.4 Å². The molecule has 2 amide bonds. The Hall–Kier alpha value is -3.74. The predicted octanol–water partition coefficient (Wildman–Crippen LogP) is -0.956. The van der Waals surface area contributed by atoms with E-state index in [1.807, 2.05) is 20.2 Å². The molecule has 2 fully saturated rings. The van der Waals surface area contributed by atoms with E-state index in [4.69, 9.17) is 5.73 Å². The number of phenolic OH excluding ortho intramolecular Hbond substituents is 1. The molecule has 1 aromatic carbocycles. The van der Waals surface area contributed by atoms with Crippen molar-refractivity contribution in [3.63, 3.8) is 0 Å². The highest BCUT2D eigenvalue weighted by Crippen LogP contribution is 2.51. The molecule has 0 bridgehead atoms. The maximum atomic E-state index is 14.0. The number of benzene rings is 1. The lowest BCUT2D eigenvalue weighted by molar-refractivity contribution is -0.181. The number of Topliss-reactive ketones (excluding diaryl/α,β-unsaturated/α-hetero) is 4. The first-order valence-electron chi connectivity index (χ1n) is 14.0. The van der Waals surface area contributed by atoms with Crippen molar-refractivity contribution in [1.29, 1.82) is 0 Å². The van der Waals surface area contributed by atoms with Gasteiger partial charge in [0, 0.05) is 19.0 Å². The van der Waals surface area contributed by atoms with E-state index in [0.29, 0.717) is 25.1 Å². The predicted molar refractivity (Wildman–Crippen MR) is 149 cm³/mol. The highest BCUT2D eigenvalue weighted by atomic mass is 16.3. The zero-order chi connectivity index (χ0) is 30.8. The summed E-state index contributed by atoms with van der Waals surface area (Å²) in [5.41, 5.74) is 4.77. The van der Waals surface area contributed by atoms with E-state index in [1.54, 1.807) is 30.0 Å². The van der Waals surface area contributed by atoms with Crippen molar-refractivity contribution in [1.82, 2.24) is 14.7 Å². The minimum atomic E-state index is -2.75. The monoisotopic (exact) mass is 580 g/mol. The zero-order valence-corrected chi connectivity index (χ0v) is 24.1. The second-order valence-corrected chi connectivity index (χ2v) is 12.3. The standard InChI is InChI=1S/C30H36N4O8/c1-32(2)13-20(36)34-9-7-14(8-10-34)16-5-6-19(35)22-17(16)11-15-12-18-24(33(3)4)26(38)23(29(31)41)28(40)30(18,42)27(39)21(15)25(22)37/h5-7,15,18,21,23-24,35,42H,8-13H2,1-4H3,(H2,31,41)/t15-,18-,21?,23?,24-,30-/m0/s1. The van der Waals surface area contributed by atoms with Gasteiger partial charge in [0.2, 0.25) is 11.8 Å². The SMILES string of the molecule is CN(C)CC(=O)N1CC=C(c2ccc(O)c3c2C[C@H]2C[C@H]4[C@H](N(C)C)C(=O)C(C(N)=O)C(=O)[C@@]4(O)C(=O)C2C3=O)CC1. The Labute approximate surface area is 243 Å². The molecule has 4 N–H and O–H groups in total. The Kier molecular flexibility index (Phi) is 7.45. The van der Waals surface area contributed by atoms with Crippen LogP contribution in [0.25, 0.3) is 5.57 Å². The fourth-order valence-electron chi connectivity index (χ4n) is 7.42. The molecule has 42 heavy (non-hydrogen) atoms. The number of amides is 2. The highest BCUT2D eigenvalue weighted by molar-refractivity contribution is 6.32. The Bertz CT molecular complexity index is 1450. The summed E-state index contributed by atoms with van der Waals surface area (Å²) in [7, 11) is 6.74. The summed E-state index contributed by atoms with van der Waals surface area (Å²) in [6.07, 6.45) is 2.64. The van der Waals surface area contributed by atoms with Crippen LogP contribution in [-0.4, -0.2) is 119 Å². The fourth-order valence-corrected chi connectivity index (χ4v) is 7.42. The first kappa shape index (κ1) is 29.7. The number of carbonyl (C=O) groups excluding carboxylic acids is 6. The van der Waals surface area contributed by atoms with Crippen LogP contribution in [-0.2, 0) is 30.4 Å². The lowest BCUT2D eigenvalue weighted by atomic mass is 9.52. The van der Waals surface area contributed by atoms with E-state index in [0.717, 1.165) is 11.1 Å². The third-order valence-electron chi connectivity index (χ3n) is 9.30. The van der Waals surface area contributed by atoms with E-state index in [9.17, 15) is 39.0 Å². The summed E-state index contributed by atoms with van der Waals surface area (Å²) in [5, 5.41) is 22.5. The summed E-state index contributed by atoms with van der Waals surface area (Å²) in [5.74, 6) is -10.7. The fraction of sp³-hybridized carbons (Fsp3) is 0.533. The van der Waals surface area contributed by atoms with Crippen molar-refractivity contribution < 1.29 is 39.0 Å². The Morgan fingerprint density at radius 1 is 1.10 bits per heavy atom. The molecule has 12 heteroatoms. The summed E-state index contributed by atoms with van der Waals surface area (Å²) < 4.78 is 0. The third kappa shape index (κ3) is 4.40. The van der Waals surface area contributed by atoms with E-state index >= 15 is 0 Å². The topological polar surface area (TPSA) is 179 Å². The molecule has 4 aliphatic rings. The van der Waals surface area contributed by atoms with E-state index in [1.165, 1.54) is 11.0 Å². The van der Waals surface area contributed by atoms with Gasteiger partial charge in [0.05, 0.1) is 24.1 Å². The molecule has 1 aromatic rings. The minimum Gasteiger partial charge on any atom is -0.507 e. The molecule has 6 atom stereocenters. The van der Waals surface area contributed by atoms with Crippen LogP contribution >= 0.6 is 0 Å². The first-order chi connectivity index (χ1) is 19.7. The molecule has 1 heterocycles. The first-order valence-corrected chi connectivity index (χ1v) is 14.0. The number of nitrogens with zero attached hydrogens (tertiary/aromatic N) is 3. The Morgan fingerprint density at radius 3 is 2.36 bits per heavy atom. The van der Waals surface area contributed by atoms with Gasteiger partial charge in [0.25, 0.3) is 0 Å². The van der Waals surface area contributed by atoms with Crippen molar-refractivity contribution >= 4 is 40.5 Å². The van der Waals surface area contributed by atoms with Gasteiger partial charge < -0.3 is 25.7 Å². The molecular formula is C30H36N4O8. The van der Waals surface area contributed by atoms with Crippen LogP contribution in [0.1, 0.15) is 34.3 Å². The second kappa shape index (κ2) is 10.5. The van der Waals surface area contributed by atoms with Gasteiger partial charge in [-0.05, 0) is 76.1 Å². The zero-order valence-electron chi connectivity index (χ0n) is 24.1. The van der Waals surface area contributed by atoms with Crippen LogP contribution in [0, 0.1) is 23.7 Å². The summed E-state index contributed by atoms with van der Waals surface area (Å²) >= 11 is 0. The minimum absolute atomic E-state index is 0.000133. The van der Waals surface area contributed by atoms with Crippen LogP contribution in [0.4, 0.5) is 0 Å². The number of phenols is 1. The summed E-state index contributed by atoms with van der Waals surface area (Å²) in [6, 6.07) is 1.96. The molecule has 2 saturated carbocycles. The number of ketones is 4. The smallest absolute Gasteiger partial charge is 0.237 e. The summed E-state index contributed by atoms with van der Waals surface area (Å²) in [6.45, 7) is 1.16. The molecule has 3 aliphatic carbocycles. The molecule has 12 nitrogen and oxygen atoms in total. The molecule has 2 unspecified atom stereocenters. The van der Waals surface area contributed by atoms with Crippen LogP contribution in [0.3, 0.4) is 0 Å². The molecule has 1 aliphatic heterocycles. The van der Waals surface area contributed by atoms with Crippen molar-refractivity contribution in [2.75, 3.05) is 47.8 Å². The van der Waals surface area contributed by atoms with Gasteiger partial charge in [-0.3, -0.25) is 33.7 Å². The summed E-state index contributed by atoms with van der Waals surface area (Å²) in [4.78, 5) is 84.2. The molecular weight excluding hydrogens is 544 g/mol. The molecule has 5 rings (SSSR count). The number of fused-ring (bicyclic) bond motifs is 3. The van der Waals surface area contributed by atoms with Gasteiger partial charge in [-0.25, -0.2) is 0 Å². The normalized spacial score (nSPS) is 31.1. The van der Waals surface area contributed by atoms with Crippen LogP contribution in [0.15, 0.2) is 18.2 Å².